The predicted octanol–water partition coefficient (Wildman–Crippen LogP) is 4.56. The quantitative estimate of drug-likeness (QED) is 0.610. The minimum absolute atomic E-state index is 0.103. The van der Waals surface area contributed by atoms with Crippen LogP contribution in [0.3, 0.4) is 0 Å². The molecule has 3 aromatic carbocycles. The molecule has 146 valence electrons. The summed E-state index contributed by atoms with van der Waals surface area (Å²) in [7, 11) is -0.721. The molecule has 0 saturated heterocycles. The Hall–Kier alpha value is -3.19. The molecule has 7 heteroatoms. The molecule has 0 aromatic heterocycles. The van der Waals surface area contributed by atoms with Gasteiger partial charge in [-0.25, -0.2) is 8.42 Å². The first-order valence-electron chi connectivity index (χ1n) is 8.60. The van der Waals surface area contributed by atoms with Crippen LogP contribution in [0, 0.1) is 6.92 Å². The van der Waals surface area contributed by atoms with Crippen molar-refractivity contribution in [1.82, 2.24) is 0 Å². The van der Waals surface area contributed by atoms with Gasteiger partial charge in [0.1, 0.15) is 16.4 Å². The van der Waals surface area contributed by atoms with Crippen molar-refractivity contribution >= 4 is 27.1 Å². The van der Waals surface area contributed by atoms with E-state index in [-0.39, 0.29) is 4.90 Å². The van der Waals surface area contributed by atoms with E-state index in [2.05, 4.69) is 10.0 Å². The summed E-state index contributed by atoms with van der Waals surface area (Å²) >= 11 is 0. The van der Waals surface area contributed by atoms with E-state index < -0.39 is 10.0 Å². The Morgan fingerprint density at radius 3 is 2.11 bits per heavy atom. The molecule has 0 aliphatic carbocycles. The first-order chi connectivity index (χ1) is 13.4. The number of para-hydroxylation sites is 2. The summed E-state index contributed by atoms with van der Waals surface area (Å²) < 4.78 is 38.6. The van der Waals surface area contributed by atoms with E-state index in [9.17, 15) is 8.42 Å². The van der Waals surface area contributed by atoms with E-state index in [0.29, 0.717) is 11.4 Å². The molecular formula is C21H22N2O4S. The third kappa shape index (κ3) is 4.37. The molecule has 0 aliphatic heterocycles. The highest BCUT2D eigenvalue weighted by atomic mass is 32.2. The van der Waals surface area contributed by atoms with Crippen molar-refractivity contribution in [3.05, 3.63) is 72.3 Å². The van der Waals surface area contributed by atoms with E-state index >= 15 is 0 Å². The van der Waals surface area contributed by atoms with Crippen molar-refractivity contribution in [3.8, 4) is 11.5 Å². The van der Waals surface area contributed by atoms with Crippen LogP contribution in [0.15, 0.2) is 71.6 Å². The maximum absolute atomic E-state index is 12.8. The maximum Gasteiger partial charge on any atom is 0.265 e. The van der Waals surface area contributed by atoms with Gasteiger partial charge < -0.3 is 14.8 Å². The number of hydrogen-bond donors (Lipinski definition) is 2. The van der Waals surface area contributed by atoms with Crippen molar-refractivity contribution in [2.24, 2.45) is 0 Å². The monoisotopic (exact) mass is 398 g/mol. The molecule has 2 N–H and O–H groups in total. The molecule has 0 unspecified atom stereocenters. The highest BCUT2D eigenvalue weighted by Gasteiger charge is 2.19. The summed E-state index contributed by atoms with van der Waals surface area (Å²) in [5.41, 5.74) is 2.91. The van der Waals surface area contributed by atoms with Crippen LogP contribution >= 0.6 is 0 Å². The maximum atomic E-state index is 12.8. The molecule has 0 bridgehead atoms. The summed E-state index contributed by atoms with van der Waals surface area (Å²) in [6, 6.07) is 19.5. The van der Waals surface area contributed by atoms with Crippen molar-refractivity contribution in [3.63, 3.8) is 0 Å². The van der Waals surface area contributed by atoms with Crippen LogP contribution in [0.5, 0.6) is 11.5 Å². The average Bonchev–Trinajstić information content (AvgIpc) is 2.69. The molecule has 28 heavy (non-hydrogen) atoms. The fourth-order valence-electron chi connectivity index (χ4n) is 2.73. The molecule has 3 aromatic rings. The second-order valence-corrected chi connectivity index (χ2v) is 7.81. The molecule has 3 rings (SSSR count). The van der Waals surface area contributed by atoms with Gasteiger partial charge in [-0.15, -0.1) is 0 Å². The smallest absolute Gasteiger partial charge is 0.265 e. The van der Waals surface area contributed by atoms with Crippen molar-refractivity contribution in [2.45, 2.75) is 11.8 Å². The number of anilines is 3. The number of aryl methyl sites for hydroxylation is 1. The zero-order valence-corrected chi connectivity index (χ0v) is 16.7. The largest absolute Gasteiger partial charge is 0.495 e. The van der Waals surface area contributed by atoms with E-state index in [0.717, 1.165) is 22.7 Å². The first-order valence-corrected chi connectivity index (χ1v) is 10.1. The summed E-state index contributed by atoms with van der Waals surface area (Å²) in [5, 5.41) is 3.25. The number of sulfonamides is 1. The molecule has 0 radical (unpaired) electrons. The van der Waals surface area contributed by atoms with Gasteiger partial charge in [0.05, 0.1) is 19.9 Å². The summed E-state index contributed by atoms with van der Waals surface area (Å²) in [4.78, 5) is 0.103. The van der Waals surface area contributed by atoms with Gasteiger partial charge >= 0.3 is 0 Å². The first kappa shape index (κ1) is 19.6. The lowest BCUT2D eigenvalue weighted by molar-refractivity contribution is 0.402. The lowest BCUT2D eigenvalue weighted by Crippen LogP contribution is -2.14. The molecule has 0 atom stereocenters. The van der Waals surface area contributed by atoms with Gasteiger partial charge in [-0.1, -0.05) is 18.2 Å². The number of benzene rings is 3. The third-order valence-electron chi connectivity index (χ3n) is 4.13. The Labute approximate surface area is 165 Å². The SMILES string of the molecule is COc1ccccc1Nc1ccc(NS(=O)(=O)c2cc(C)ccc2OC)cc1. The van der Waals surface area contributed by atoms with Gasteiger partial charge in [0, 0.05) is 11.4 Å². The number of hydrogen-bond acceptors (Lipinski definition) is 5. The summed E-state index contributed by atoms with van der Waals surface area (Å²) in [6.45, 7) is 1.83. The number of rotatable bonds is 7. The molecule has 0 aliphatic rings. The minimum atomic E-state index is -3.78. The number of nitrogens with one attached hydrogen (secondary N) is 2. The van der Waals surface area contributed by atoms with Gasteiger partial charge in [-0.2, -0.15) is 0 Å². The Morgan fingerprint density at radius 2 is 1.43 bits per heavy atom. The van der Waals surface area contributed by atoms with Crippen LogP contribution < -0.4 is 19.5 Å². The van der Waals surface area contributed by atoms with E-state index in [1.54, 1.807) is 49.6 Å². The second kappa shape index (κ2) is 8.22. The zero-order chi connectivity index (χ0) is 20.1. The van der Waals surface area contributed by atoms with Crippen LogP contribution in [0.2, 0.25) is 0 Å². The standard InChI is InChI=1S/C21H22N2O4S/c1-15-8-13-20(27-3)21(14-15)28(24,25)23-17-11-9-16(10-12-17)22-18-6-4-5-7-19(18)26-2/h4-14,22-23H,1-3H3. The lowest BCUT2D eigenvalue weighted by Gasteiger charge is -2.14. The van der Waals surface area contributed by atoms with Crippen molar-refractivity contribution in [1.29, 1.82) is 0 Å². The highest BCUT2D eigenvalue weighted by molar-refractivity contribution is 7.92. The van der Waals surface area contributed by atoms with Crippen LogP contribution in [-0.4, -0.2) is 22.6 Å². The molecule has 0 amide bonds. The number of methoxy groups -OCH3 is 2. The molecule has 0 fully saturated rings. The van der Waals surface area contributed by atoms with Gasteiger partial charge in [0.25, 0.3) is 10.0 Å². The van der Waals surface area contributed by atoms with Gasteiger partial charge in [0.2, 0.25) is 0 Å². The van der Waals surface area contributed by atoms with E-state index in [1.165, 1.54) is 7.11 Å². The van der Waals surface area contributed by atoms with Crippen LogP contribution in [0.1, 0.15) is 5.56 Å². The topological polar surface area (TPSA) is 76.7 Å². The molecule has 0 saturated carbocycles. The highest BCUT2D eigenvalue weighted by Crippen LogP contribution is 2.29. The fraction of sp³-hybridized carbons (Fsp3) is 0.143. The van der Waals surface area contributed by atoms with Crippen molar-refractivity contribution < 1.29 is 17.9 Å². The average molecular weight is 398 g/mol. The minimum Gasteiger partial charge on any atom is -0.495 e. The Bertz CT molecular complexity index is 1060. The number of ether oxygens (including phenoxy) is 2. The molecule has 0 spiro atoms. The van der Waals surface area contributed by atoms with E-state index in [4.69, 9.17) is 9.47 Å². The van der Waals surface area contributed by atoms with Crippen LogP contribution in [0.4, 0.5) is 17.1 Å². The van der Waals surface area contributed by atoms with Gasteiger partial charge in [-0.3, -0.25) is 4.72 Å². The third-order valence-corrected chi connectivity index (χ3v) is 5.53. The normalized spacial score (nSPS) is 11.0. The second-order valence-electron chi connectivity index (χ2n) is 6.16. The Kier molecular flexibility index (Phi) is 5.75. The zero-order valence-electron chi connectivity index (χ0n) is 15.9. The Balaban J connectivity index is 1.80. The van der Waals surface area contributed by atoms with Gasteiger partial charge in [0.15, 0.2) is 0 Å². The predicted molar refractivity (Wildman–Crippen MR) is 111 cm³/mol. The fourth-order valence-corrected chi connectivity index (χ4v) is 4.04. The summed E-state index contributed by atoms with van der Waals surface area (Å²) in [5.74, 6) is 1.02. The van der Waals surface area contributed by atoms with Crippen LogP contribution in [-0.2, 0) is 10.0 Å². The molecule has 0 heterocycles. The van der Waals surface area contributed by atoms with Crippen molar-refractivity contribution in [2.75, 3.05) is 24.3 Å². The molecule has 6 nitrogen and oxygen atoms in total. The Morgan fingerprint density at radius 1 is 0.786 bits per heavy atom. The lowest BCUT2D eigenvalue weighted by atomic mass is 10.2. The molecular weight excluding hydrogens is 376 g/mol. The van der Waals surface area contributed by atoms with Gasteiger partial charge in [-0.05, 0) is 61.0 Å². The van der Waals surface area contributed by atoms with E-state index in [1.807, 2.05) is 31.2 Å². The summed E-state index contributed by atoms with van der Waals surface area (Å²) in [6.07, 6.45) is 0. The van der Waals surface area contributed by atoms with Crippen LogP contribution in [0.25, 0.3) is 0 Å².